The van der Waals surface area contributed by atoms with Crippen LogP contribution >= 0.6 is 0 Å². The topological polar surface area (TPSA) is 60.0 Å². The molecule has 2 aliphatic rings. The van der Waals surface area contributed by atoms with Crippen molar-refractivity contribution in [3.05, 3.63) is 18.2 Å². The number of nitrogens with zero attached hydrogens (tertiary/aromatic N) is 1. The predicted octanol–water partition coefficient (Wildman–Crippen LogP) is 3.01. The van der Waals surface area contributed by atoms with Crippen LogP contribution in [0.4, 0.5) is 4.79 Å². The van der Waals surface area contributed by atoms with E-state index in [2.05, 4.69) is 19.2 Å². The van der Waals surface area contributed by atoms with Crippen molar-refractivity contribution in [2.75, 3.05) is 26.5 Å². The Morgan fingerprint density at radius 3 is 2.88 bits per heavy atom. The monoisotopic (exact) mass is 334 g/mol. The van der Waals surface area contributed by atoms with Crippen molar-refractivity contribution >= 4 is 6.03 Å². The molecule has 1 aromatic rings. The van der Waals surface area contributed by atoms with E-state index in [1.165, 1.54) is 0 Å². The Balaban J connectivity index is 1.39. The van der Waals surface area contributed by atoms with E-state index in [9.17, 15) is 4.79 Å². The van der Waals surface area contributed by atoms with Gasteiger partial charge >= 0.3 is 6.03 Å². The minimum absolute atomic E-state index is 0.0208. The van der Waals surface area contributed by atoms with E-state index in [4.69, 9.17) is 14.2 Å². The number of hydrogen-bond acceptors (Lipinski definition) is 4. The van der Waals surface area contributed by atoms with Gasteiger partial charge in [-0.2, -0.15) is 0 Å². The van der Waals surface area contributed by atoms with Crippen molar-refractivity contribution in [1.82, 2.24) is 10.2 Å². The molecule has 2 amide bonds. The molecule has 0 atom stereocenters. The maximum Gasteiger partial charge on any atom is 0.317 e. The van der Waals surface area contributed by atoms with Crippen molar-refractivity contribution in [3.8, 4) is 17.2 Å². The van der Waals surface area contributed by atoms with Gasteiger partial charge in [-0.1, -0.05) is 13.8 Å². The lowest BCUT2D eigenvalue weighted by molar-refractivity contribution is 0.173. The molecule has 1 fully saturated rings. The number of carbonyl (C=O) groups excluding carboxylic acids is 1. The van der Waals surface area contributed by atoms with Crippen LogP contribution in [0.25, 0.3) is 0 Å². The van der Waals surface area contributed by atoms with E-state index in [1.54, 1.807) is 0 Å². The third-order valence-corrected chi connectivity index (χ3v) is 4.19. The smallest absolute Gasteiger partial charge is 0.317 e. The molecule has 1 aliphatic heterocycles. The summed E-state index contributed by atoms with van der Waals surface area (Å²) in [5.41, 5.74) is 0. The van der Waals surface area contributed by atoms with Crippen LogP contribution in [0.5, 0.6) is 17.2 Å². The number of rotatable bonds is 8. The third kappa shape index (κ3) is 4.46. The van der Waals surface area contributed by atoms with Crippen LogP contribution in [-0.4, -0.2) is 43.5 Å². The molecule has 0 radical (unpaired) electrons. The molecular weight excluding hydrogens is 308 g/mol. The lowest BCUT2D eigenvalue weighted by Gasteiger charge is -2.23. The molecule has 1 aliphatic carbocycles. The van der Waals surface area contributed by atoms with Gasteiger partial charge in [-0.05, 0) is 37.3 Å². The summed E-state index contributed by atoms with van der Waals surface area (Å²) in [5.74, 6) is 2.76. The molecule has 0 bridgehead atoms. The van der Waals surface area contributed by atoms with Crippen LogP contribution in [0, 0.1) is 5.92 Å². The zero-order valence-corrected chi connectivity index (χ0v) is 14.4. The summed E-state index contributed by atoms with van der Waals surface area (Å²) in [4.78, 5) is 14.3. The van der Waals surface area contributed by atoms with Crippen LogP contribution in [0.15, 0.2) is 18.2 Å². The third-order valence-electron chi connectivity index (χ3n) is 4.19. The van der Waals surface area contributed by atoms with E-state index in [0.717, 1.165) is 31.6 Å². The molecular formula is C18H26N2O4. The molecule has 6 heteroatoms. The first-order chi connectivity index (χ1) is 11.6. The van der Waals surface area contributed by atoms with Gasteiger partial charge in [0.25, 0.3) is 0 Å². The first-order valence-corrected chi connectivity index (χ1v) is 8.70. The number of hydrogen-bond donors (Lipinski definition) is 1. The van der Waals surface area contributed by atoms with Gasteiger partial charge in [-0.15, -0.1) is 0 Å². The molecule has 1 N–H and O–H groups in total. The van der Waals surface area contributed by atoms with Gasteiger partial charge in [-0.3, -0.25) is 0 Å². The lowest BCUT2D eigenvalue weighted by Crippen LogP contribution is -2.43. The second-order valence-electron chi connectivity index (χ2n) is 6.70. The second-order valence-corrected chi connectivity index (χ2v) is 6.70. The average molecular weight is 334 g/mol. The normalized spacial score (nSPS) is 15.5. The number of nitrogens with one attached hydrogen (secondary N) is 1. The number of ether oxygens (including phenoxy) is 3. The van der Waals surface area contributed by atoms with Crippen LogP contribution in [0.3, 0.4) is 0 Å². The van der Waals surface area contributed by atoms with E-state index >= 15 is 0 Å². The number of fused-ring (bicyclic) bond motifs is 1. The van der Waals surface area contributed by atoms with Gasteiger partial charge in [-0.25, -0.2) is 4.79 Å². The summed E-state index contributed by atoms with van der Waals surface area (Å²) in [7, 11) is 0. The summed E-state index contributed by atoms with van der Waals surface area (Å²) in [6.07, 6.45) is 3.29. The Bertz CT molecular complexity index is 572. The molecule has 1 heterocycles. The van der Waals surface area contributed by atoms with Gasteiger partial charge in [0.15, 0.2) is 11.5 Å². The highest BCUT2D eigenvalue weighted by Crippen LogP contribution is 2.35. The fourth-order valence-electron chi connectivity index (χ4n) is 2.63. The fourth-order valence-corrected chi connectivity index (χ4v) is 2.63. The first-order valence-electron chi connectivity index (χ1n) is 8.70. The highest BCUT2D eigenvalue weighted by atomic mass is 16.7. The highest BCUT2D eigenvalue weighted by Gasteiger charge is 2.32. The summed E-state index contributed by atoms with van der Waals surface area (Å²) in [5, 5.41) is 2.96. The van der Waals surface area contributed by atoms with Crippen LogP contribution in [-0.2, 0) is 0 Å². The molecule has 0 aromatic heterocycles. The van der Waals surface area contributed by atoms with Crippen molar-refractivity contribution in [3.63, 3.8) is 0 Å². The van der Waals surface area contributed by atoms with Crippen molar-refractivity contribution in [2.45, 2.75) is 39.2 Å². The van der Waals surface area contributed by atoms with Crippen LogP contribution < -0.4 is 19.5 Å². The molecule has 1 saturated carbocycles. The van der Waals surface area contributed by atoms with Crippen molar-refractivity contribution < 1.29 is 19.0 Å². The average Bonchev–Trinajstić information content (AvgIpc) is 3.28. The summed E-state index contributed by atoms with van der Waals surface area (Å²) >= 11 is 0. The maximum atomic E-state index is 12.3. The Kier molecular flexibility index (Phi) is 5.33. The second kappa shape index (κ2) is 7.64. The number of amides is 2. The fraction of sp³-hybridized carbons (Fsp3) is 0.611. The van der Waals surface area contributed by atoms with E-state index in [0.29, 0.717) is 36.6 Å². The van der Waals surface area contributed by atoms with Gasteiger partial charge in [0, 0.05) is 18.7 Å². The van der Waals surface area contributed by atoms with Crippen LogP contribution in [0.2, 0.25) is 0 Å². The maximum absolute atomic E-state index is 12.3. The zero-order chi connectivity index (χ0) is 16.9. The van der Waals surface area contributed by atoms with E-state index in [-0.39, 0.29) is 12.8 Å². The Morgan fingerprint density at radius 2 is 2.12 bits per heavy atom. The summed E-state index contributed by atoms with van der Waals surface area (Å²) < 4.78 is 16.2. The molecule has 24 heavy (non-hydrogen) atoms. The molecule has 132 valence electrons. The highest BCUT2D eigenvalue weighted by molar-refractivity contribution is 5.74. The van der Waals surface area contributed by atoms with Crippen LogP contribution in [0.1, 0.15) is 33.1 Å². The Hall–Kier alpha value is -2.11. The number of carbonyl (C=O) groups is 1. The first kappa shape index (κ1) is 16.7. The lowest BCUT2D eigenvalue weighted by atomic mass is 10.1. The van der Waals surface area contributed by atoms with E-state index < -0.39 is 0 Å². The molecule has 6 nitrogen and oxygen atoms in total. The molecule has 0 saturated heterocycles. The summed E-state index contributed by atoms with van der Waals surface area (Å²) in [6, 6.07) is 5.93. The Labute approximate surface area is 143 Å². The quantitative estimate of drug-likeness (QED) is 0.743. The minimum Gasteiger partial charge on any atom is -0.492 e. The minimum atomic E-state index is 0.0208. The van der Waals surface area contributed by atoms with Gasteiger partial charge in [0.1, 0.15) is 12.4 Å². The van der Waals surface area contributed by atoms with Crippen molar-refractivity contribution in [1.29, 1.82) is 0 Å². The number of benzene rings is 1. The summed E-state index contributed by atoms with van der Waals surface area (Å²) in [6.45, 7) is 6.36. The molecule has 0 spiro atoms. The predicted molar refractivity (Wildman–Crippen MR) is 90.6 cm³/mol. The largest absolute Gasteiger partial charge is 0.492 e. The molecule has 1 aromatic carbocycles. The zero-order valence-electron chi connectivity index (χ0n) is 14.4. The van der Waals surface area contributed by atoms with E-state index in [1.807, 2.05) is 23.1 Å². The van der Waals surface area contributed by atoms with Gasteiger partial charge in [0.05, 0.1) is 6.54 Å². The van der Waals surface area contributed by atoms with Gasteiger partial charge < -0.3 is 24.4 Å². The van der Waals surface area contributed by atoms with Crippen molar-refractivity contribution in [2.24, 2.45) is 5.92 Å². The Morgan fingerprint density at radius 1 is 1.33 bits per heavy atom. The standard InChI is InChI=1S/C18H26N2O4/c1-13(2)7-9-20(14-3-4-14)18(21)19-8-10-22-15-5-6-16-17(11-15)24-12-23-16/h5-6,11,13-14H,3-4,7-10,12H2,1-2H3,(H,19,21). The molecule has 3 rings (SSSR count). The van der Waals surface area contributed by atoms with Gasteiger partial charge in [0.2, 0.25) is 6.79 Å². The number of urea groups is 1. The SMILES string of the molecule is CC(C)CCN(C(=O)NCCOc1ccc2c(c1)OCO2)C1CC1. The molecule has 0 unspecified atom stereocenters.